The molecule has 0 saturated heterocycles. The topological polar surface area (TPSA) is 150 Å². The second-order valence-corrected chi connectivity index (χ2v) is 6.31. The van der Waals surface area contributed by atoms with E-state index in [1.165, 1.54) is 11.3 Å². The molecule has 0 radical (unpaired) electrons. The van der Waals surface area contributed by atoms with Crippen LogP contribution in [0.2, 0.25) is 0 Å². The Kier molecular flexibility index (Phi) is 6.67. The van der Waals surface area contributed by atoms with Gasteiger partial charge in [-0.3, -0.25) is 15.3 Å². The third-order valence-corrected chi connectivity index (χ3v) is 4.55. The smallest absolute Gasteiger partial charge is 0.344 e. The number of hydrogen-bond acceptors (Lipinski definition) is 6. The Balaban J connectivity index is 2.86. The van der Waals surface area contributed by atoms with E-state index in [-0.39, 0.29) is 6.61 Å². The van der Waals surface area contributed by atoms with E-state index in [0.29, 0.717) is 17.7 Å². The van der Waals surface area contributed by atoms with Crippen LogP contribution in [0.4, 0.5) is 0 Å². The quantitative estimate of drug-likeness (QED) is 0.405. The van der Waals surface area contributed by atoms with E-state index < -0.39 is 36.4 Å². The van der Waals surface area contributed by atoms with Crippen molar-refractivity contribution in [3.8, 4) is 0 Å². The van der Waals surface area contributed by atoms with Gasteiger partial charge < -0.3 is 20.6 Å². The predicted octanol–water partition coefficient (Wildman–Crippen LogP) is 0.316. The van der Waals surface area contributed by atoms with Crippen molar-refractivity contribution in [1.82, 2.24) is 5.32 Å². The van der Waals surface area contributed by atoms with E-state index in [1.807, 2.05) is 6.92 Å². The first-order valence-corrected chi connectivity index (χ1v) is 7.78. The zero-order valence-corrected chi connectivity index (χ0v) is 13.5. The zero-order valence-electron chi connectivity index (χ0n) is 12.7. The summed E-state index contributed by atoms with van der Waals surface area (Å²) in [5.41, 5.74) is 4.36. The number of aliphatic hydroxyl groups is 1. The molecule has 1 rings (SSSR count). The first-order chi connectivity index (χ1) is 10.7. The Bertz CT molecular complexity index is 600. The molecule has 1 aromatic rings. The monoisotopic (exact) mass is 344 g/mol. The van der Waals surface area contributed by atoms with E-state index in [0.717, 1.165) is 10.4 Å². The Morgan fingerprint density at radius 2 is 2.00 bits per heavy atom. The van der Waals surface area contributed by atoms with Crippen LogP contribution in [0.15, 0.2) is 6.07 Å². The number of carboxylic acids is 2. The Hall–Kier alpha value is -1.97. The van der Waals surface area contributed by atoms with Gasteiger partial charge in [0.1, 0.15) is 0 Å². The molecule has 9 heteroatoms. The lowest BCUT2D eigenvalue weighted by Gasteiger charge is -2.25. The van der Waals surface area contributed by atoms with Crippen LogP contribution in [0.1, 0.15) is 39.4 Å². The molecule has 0 aromatic carbocycles. The minimum atomic E-state index is -2.14. The number of aryl methyl sites for hydroxylation is 2. The molecule has 23 heavy (non-hydrogen) atoms. The number of nitrogens with one attached hydrogen (secondary N) is 1. The van der Waals surface area contributed by atoms with Gasteiger partial charge in [-0.2, -0.15) is 0 Å². The largest absolute Gasteiger partial charge is 0.481 e. The molecule has 0 fully saturated rings. The summed E-state index contributed by atoms with van der Waals surface area (Å²) in [7, 11) is 0. The summed E-state index contributed by atoms with van der Waals surface area (Å²) in [6.07, 6.45) is 0.280. The molecular formula is C14H20N2O6S. The summed E-state index contributed by atoms with van der Waals surface area (Å²) >= 11 is 1.20. The maximum Gasteiger partial charge on any atom is 0.344 e. The molecule has 6 N–H and O–H groups in total. The molecule has 1 heterocycles. The zero-order chi connectivity index (χ0) is 17.6. The Morgan fingerprint density at radius 3 is 2.52 bits per heavy atom. The summed E-state index contributed by atoms with van der Waals surface area (Å²) < 4.78 is 0. The number of rotatable bonds is 9. The van der Waals surface area contributed by atoms with Crippen LogP contribution in [-0.4, -0.2) is 45.4 Å². The van der Waals surface area contributed by atoms with Crippen LogP contribution in [0.25, 0.3) is 0 Å². The van der Waals surface area contributed by atoms with Gasteiger partial charge in [-0.15, -0.1) is 11.3 Å². The van der Waals surface area contributed by atoms with Crippen LogP contribution in [0.3, 0.4) is 0 Å². The summed E-state index contributed by atoms with van der Waals surface area (Å²) in [5, 5.41) is 28.9. The third-order valence-electron chi connectivity index (χ3n) is 3.26. The van der Waals surface area contributed by atoms with E-state index in [1.54, 1.807) is 6.07 Å². The van der Waals surface area contributed by atoms with E-state index >= 15 is 0 Å². The average molecular weight is 344 g/mol. The number of amides is 1. The van der Waals surface area contributed by atoms with Crippen molar-refractivity contribution in [3.63, 3.8) is 0 Å². The molecule has 1 unspecified atom stereocenters. The van der Waals surface area contributed by atoms with E-state index in [9.17, 15) is 14.4 Å². The molecule has 0 bridgehead atoms. The molecule has 0 aliphatic carbocycles. The lowest BCUT2D eigenvalue weighted by molar-refractivity contribution is -0.145. The fraction of sp³-hybridized carbons (Fsp3) is 0.500. The van der Waals surface area contributed by atoms with Crippen LogP contribution in [0.5, 0.6) is 0 Å². The first kappa shape index (κ1) is 19.1. The number of aliphatic carboxylic acids is 2. The second-order valence-electron chi connectivity index (χ2n) is 5.17. The summed E-state index contributed by atoms with van der Waals surface area (Å²) in [5.74, 6) is -3.36. The molecule has 8 nitrogen and oxygen atoms in total. The van der Waals surface area contributed by atoms with Crippen LogP contribution >= 0.6 is 11.3 Å². The second kappa shape index (κ2) is 8.04. The number of carboxylic acid groups (broad SMARTS) is 2. The molecule has 1 atom stereocenters. The average Bonchev–Trinajstić information content (AvgIpc) is 2.84. The lowest BCUT2D eigenvalue weighted by Crippen LogP contribution is -2.61. The van der Waals surface area contributed by atoms with Crippen molar-refractivity contribution in [2.45, 2.75) is 38.3 Å². The molecular weight excluding hydrogens is 324 g/mol. The highest BCUT2D eigenvalue weighted by Gasteiger charge is 2.36. The highest BCUT2D eigenvalue weighted by Crippen LogP contribution is 2.24. The minimum Gasteiger partial charge on any atom is -0.481 e. The Labute approximate surface area is 136 Å². The van der Waals surface area contributed by atoms with Gasteiger partial charge in [0.15, 0.2) is 5.66 Å². The highest BCUT2D eigenvalue weighted by molar-refractivity contribution is 7.14. The van der Waals surface area contributed by atoms with Crippen molar-refractivity contribution in [3.05, 3.63) is 21.4 Å². The van der Waals surface area contributed by atoms with Gasteiger partial charge in [0.05, 0.1) is 4.88 Å². The number of carbonyl (C=O) groups is 3. The van der Waals surface area contributed by atoms with Gasteiger partial charge in [-0.25, -0.2) is 4.79 Å². The minimum absolute atomic E-state index is 0.0407. The van der Waals surface area contributed by atoms with Crippen molar-refractivity contribution in [2.24, 2.45) is 5.73 Å². The molecule has 0 saturated carbocycles. The van der Waals surface area contributed by atoms with E-state index in [4.69, 9.17) is 21.1 Å². The maximum atomic E-state index is 12.2. The summed E-state index contributed by atoms with van der Waals surface area (Å²) in [4.78, 5) is 35.3. The van der Waals surface area contributed by atoms with Gasteiger partial charge in [0.2, 0.25) is 0 Å². The molecule has 1 aromatic heterocycles. The van der Waals surface area contributed by atoms with Gasteiger partial charge in [0, 0.05) is 24.3 Å². The number of carbonyl (C=O) groups excluding carboxylic acids is 1. The van der Waals surface area contributed by atoms with Crippen LogP contribution < -0.4 is 11.1 Å². The predicted molar refractivity (Wildman–Crippen MR) is 83.4 cm³/mol. The third kappa shape index (κ3) is 5.31. The first-order valence-electron chi connectivity index (χ1n) is 6.96. The van der Waals surface area contributed by atoms with Crippen LogP contribution in [0, 0.1) is 6.92 Å². The van der Waals surface area contributed by atoms with Crippen LogP contribution in [-0.2, 0) is 16.0 Å². The van der Waals surface area contributed by atoms with Gasteiger partial charge in [-0.1, -0.05) is 0 Å². The molecule has 0 aliphatic heterocycles. The fourth-order valence-electron chi connectivity index (χ4n) is 1.91. The van der Waals surface area contributed by atoms with E-state index in [2.05, 4.69) is 5.32 Å². The van der Waals surface area contributed by atoms with Gasteiger partial charge in [0.25, 0.3) is 5.91 Å². The van der Waals surface area contributed by atoms with Crippen molar-refractivity contribution >= 4 is 29.2 Å². The summed E-state index contributed by atoms with van der Waals surface area (Å²) in [6, 6.07) is 1.62. The Morgan fingerprint density at radius 1 is 1.35 bits per heavy atom. The fourth-order valence-corrected chi connectivity index (χ4v) is 3.02. The molecule has 0 spiro atoms. The number of nitrogens with two attached hydrogens (primary N) is 1. The number of aliphatic hydroxyl groups excluding tert-OH is 1. The van der Waals surface area contributed by atoms with Crippen molar-refractivity contribution in [1.29, 1.82) is 0 Å². The standard InChI is InChI=1S/C14H20N2O6S/c1-8-7-10(23-9(8)3-2-6-17)12(20)16-14(15,13(21)22)5-4-11(18)19/h7,17H,2-6,15H2,1H3,(H,16,20)(H,18,19)(H,21,22). The maximum absolute atomic E-state index is 12.2. The number of hydrogen-bond donors (Lipinski definition) is 5. The molecule has 0 aliphatic rings. The van der Waals surface area contributed by atoms with Gasteiger partial charge in [-0.05, 0) is 31.4 Å². The molecule has 128 valence electrons. The highest BCUT2D eigenvalue weighted by atomic mass is 32.1. The molecule has 1 amide bonds. The summed E-state index contributed by atoms with van der Waals surface area (Å²) in [6.45, 7) is 1.86. The van der Waals surface area contributed by atoms with Crippen molar-refractivity contribution in [2.75, 3.05) is 6.61 Å². The van der Waals surface area contributed by atoms with Crippen molar-refractivity contribution < 1.29 is 29.7 Å². The lowest BCUT2D eigenvalue weighted by atomic mass is 10.0. The SMILES string of the molecule is Cc1cc(C(=O)NC(N)(CCC(=O)O)C(=O)O)sc1CCCO. The van der Waals surface area contributed by atoms with Gasteiger partial charge >= 0.3 is 11.9 Å². The normalized spacial score (nSPS) is 13.3. The number of thiophene rings is 1.